The molecule has 2 N–H and O–H groups in total. The highest BCUT2D eigenvalue weighted by atomic mass is 79.9. The quantitative estimate of drug-likeness (QED) is 0.609. The second-order valence-electron chi connectivity index (χ2n) is 3.84. The van der Waals surface area contributed by atoms with E-state index in [1.807, 2.05) is 0 Å². The number of anilines is 1. The molecule has 2 rings (SSSR count). The third-order valence-corrected chi connectivity index (χ3v) is 3.59. The molecule has 0 atom stereocenters. The Balaban J connectivity index is 2.16. The van der Waals surface area contributed by atoms with Crippen LogP contribution in [0.15, 0.2) is 39.3 Å². The highest BCUT2D eigenvalue weighted by Crippen LogP contribution is 2.27. The summed E-state index contributed by atoms with van der Waals surface area (Å²) in [5, 5.41) is 0. The number of halogens is 4. The van der Waals surface area contributed by atoms with E-state index in [1.54, 1.807) is 18.2 Å². The fourth-order valence-electron chi connectivity index (χ4n) is 1.48. The molecular formula is C13H9Br2F2NO. The van der Waals surface area contributed by atoms with Crippen LogP contribution >= 0.6 is 31.9 Å². The third-order valence-electron chi connectivity index (χ3n) is 2.41. The second kappa shape index (κ2) is 5.88. The van der Waals surface area contributed by atoms with Crippen molar-refractivity contribution in [2.75, 3.05) is 5.73 Å². The van der Waals surface area contributed by atoms with Crippen LogP contribution in [0.5, 0.6) is 5.75 Å². The summed E-state index contributed by atoms with van der Waals surface area (Å²) in [5.74, 6) is -2.11. The Morgan fingerprint density at radius 1 is 1.11 bits per heavy atom. The molecule has 0 heterocycles. The molecule has 0 fully saturated rings. The SMILES string of the molecule is Nc1cc(COc2cc(Br)cc(F)c2F)ccc1Br. The summed E-state index contributed by atoms with van der Waals surface area (Å²) < 4.78 is 33.1. The highest BCUT2D eigenvalue weighted by Gasteiger charge is 2.11. The first-order chi connectivity index (χ1) is 8.97. The zero-order chi connectivity index (χ0) is 14.0. The Bertz CT molecular complexity index is 620. The lowest BCUT2D eigenvalue weighted by atomic mass is 10.2. The fraction of sp³-hybridized carbons (Fsp3) is 0.0769. The maximum Gasteiger partial charge on any atom is 0.200 e. The van der Waals surface area contributed by atoms with Crippen molar-refractivity contribution in [3.8, 4) is 5.75 Å². The minimum Gasteiger partial charge on any atom is -0.486 e. The van der Waals surface area contributed by atoms with Crippen molar-refractivity contribution in [3.05, 3.63) is 56.5 Å². The first kappa shape index (κ1) is 14.3. The lowest BCUT2D eigenvalue weighted by Crippen LogP contribution is -2.00. The van der Waals surface area contributed by atoms with Crippen LogP contribution in [-0.4, -0.2) is 0 Å². The Labute approximate surface area is 125 Å². The molecule has 0 amide bonds. The fourth-order valence-corrected chi connectivity index (χ4v) is 2.14. The van der Waals surface area contributed by atoms with Gasteiger partial charge in [0.2, 0.25) is 5.82 Å². The maximum absolute atomic E-state index is 13.5. The van der Waals surface area contributed by atoms with E-state index < -0.39 is 11.6 Å². The average molecular weight is 393 g/mol. The first-order valence-corrected chi connectivity index (χ1v) is 6.87. The standard InChI is InChI=1S/C13H9Br2F2NO/c14-8-4-10(16)13(17)12(5-8)19-6-7-1-2-9(15)11(18)3-7/h1-5H,6,18H2. The molecule has 6 heteroatoms. The van der Waals surface area contributed by atoms with Crippen molar-refractivity contribution < 1.29 is 13.5 Å². The van der Waals surface area contributed by atoms with Gasteiger partial charge in [-0.05, 0) is 45.8 Å². The smallest absolute Gasteiger partial charge is 0.200 e. The molecule has 0 radical (unpaired) electrons. The van der Waals surface area contributed by atoms with E-state index in [0.717, 1.165) is 16.1 Å². The van der Waals surface area contributed by atoms with E-state index in [2.05, 4.69) is 31.9 Å². The molecule has 0 aliphatic heterocycles. The summed E-state index contributed by atoms with van der Waals surface area (Å²) in [6.45, 7) is 0.101. The average Bonchev–Trinajstić information content (AvgIpc) is 2.36. The molecule has 2 aromatic carbocycles. The van der Waals surface area contributed by atoms with Gasteiger partial charge in [0.1, 0.15) is 6.61 Å². The van der Waals surface area contributed by atoms with Crippen molar-refractivity contribution in [1.29, 1.82) is 0 Å². The van der Waals surface area contributed by atoms with Gasteiger partial charge in [0, 0.05) is 14.6 Å². The third kappa shape index (κ3) is 3.45. The molecule has 100 valence electrons. The van der Waals surface area contributed by atoms with Gasteiger partial charge in [-0.3, -0.25) is 0 Å². The van der Waals surface area contributed by atoms with Crippen LogP contribution in [0.4, 0.5) is 14.5 Å². The molecule has 0 aromatic heterocycles. The van der Waals surface area contributed by atoms with Gasteiger partial charge in [0.05, 0.1) is 0 Å². The number of hydrogen-bond acceptors (Lipinski definition) is 2. The van der Waals surface area contributed by atoms with Crippen LogP contribution in [0.2, 0.25) is 0 Å². The van der Waals surface area contributed by atoms with Crippen molar-refractivity contribution in [2.24, 2.45) is 0 Å². The summed E-state index contributed by atoms with van der Waals surface area (Å²) >= 11 is 6.36. The Morgan fingerprint density at radius 2 is 1.84 bits per heavy atom. The molecule has 0 unspecified atom stereocenters. The topological polar surface area (TPSA) is 35.2 Å². The largest absolute Gasteiger partial charge is 0.486 e. The number of nitrogen functional groups attached to an aromatic ring is 1. The van der Waals surface area contributed by atoms with E-state index in [1.165, 1.54) is 6.07 Å². The predicted octanol–water partition coefficient (Wildman–Crippen LogP) is 4.65. The van der Waals surface area contributed by atoms with Crippen molar-refractivity contribution in [3.63, 3.8) is 0 Å². The zero-order valence-corrected chi connectivity index (χ0v) is 12.8. The lowest BCUT2D eigenvalue weighted by Gasteiger charge is -2.09. The van der Waals surface area contributed by atoms with Crippen LogP contribution in [-0.2, 0) is 6.61 Å². The Hall–Kier alpha value is -1.14. The summed E-state index contributed by atoms with van der Waals surface area (Å²) in [6, 6.07) is 7.68. The van der Waals surface area contributed by atoms with Gasteiger partial charge in [-0.15, -0.1) is 0 Å². The second-order valence-corrected chi connectivity index (χ2v) is 5.61. The van der Waals surface area contributed by atoms with E-state index in [-0.39, 0.29) is 12.4 Å². The van der Waals surface area contributed by atoms with Crippen molar-refractivity contribution in [1.82, 2.24) is 0 Å². The summed E-state index contributed by atoms with van der Waals surface area (Å²) in [5.41, 5.74) is 7.05. The molecule has 19 heavy (non-hydrogen) atoms. The number of nitrogens with two attached hydrogens (primary N) is 1. The lowest BCUT2D eigenvalue weighted by molar-refractivity contribution is 0.284. The molecule has 2 nitrogen and oxygen atoms in total. The van der Waals surface area contributed by atoms with Crippen LogP contribution in [0.1, 0.15) is 5.56 Å². The van der Waals surface area contributed by atoms with Gasteiger partial charge in [0.15, 0.2) is 11.6 Å². The van der Waals surface area contributed by atoms with Gasteiger partial charge in [-0.25, -0.2) is 4.39 Å². The number of ether oxygens (including phenoxy) is 1. The first-order valence-electron chi connectivity index (χ1n) is 5.28. The van der Waals surface area contributed by atoms with E-state index in [0.29, 0.717) is 10.2 Å². The molecule has 0 saturated heterocycles. The van der Waals surface area contributed by atoms with Gasteiger partial charge in [-0.1, -0.05) is 22.0 Å². The molecule has 0 aliphatic carbocycles. The highest BCUT2D eigenvalue weighted by molar-refractivity contribution is 9.10. The van der Waals surface area contributed by atoms with E-state index in [4.69, 9.17) is 10.5 Å². The zero-order valence-electron chi connectivity index (χ0n) is 9.59. The van der Waals surface area contributed by atoms with E-state index >= 15 is 0 Å². The summed E-state index contributed by atoms with van der Waals surface area (Å²) in [4.78, 5) is 0. The van der Waals surface area contributed by atoms with Gasteiger partial charge in [0.25, 0.3) is 0 Å². The molecule has 0 aliphatic rings. The molecule has 0 bridgehead atoms. The van der Waals surface area contributed by atoms with Gasteiger partial charge < -0.3 is 10.5 Å². The van der Waals surface area contributed by atoms with Crippen molar-refractivity contribution >= 4 is 37.5 Å². The molecule has 0 spiro atoms. The van der Waals surface area contributed by atoms with Gasteiger partial charge >= 0.3 is 0 Å². The van der Waals surface area contributed by atoms with Crippen LogP contribution in [0.3, 0.4) is 0 Å². The Morgan fingerprint density at radius 3 is 2.53 bits per heavy atom. The minimum absolute atomic E-state index is 0.101. The maximum atomic E-state index is 13.5. The number of hydrogen-bond donors (Lipinski definition) is 1. The molecular weight excluding hydrogens is 384 g/mol. The number of benzene rings is 2. The van der Waals surface area contributed by atoms with E-state index in [9.17, 15) is 8.78 Å². The van der Waals surface area contributed by atoms with Crippen LogP contribution in [0, 0.1) is 11.6 Å². The molecule has 2 aromatic rings. The molecule has 0 saturated carbocycles. The summed E-state index contributed by atoms with van der Waals surface area (Å²) in [7, 11) is 0. The van der Waals surface area contributed by atoms with Crippen molar-refractivity contribution in [2.45, 2.75) is 6.61 Å². The Kier molecular flexibility index (Phi) is 4.42. The minimum atomic E-state index is -1.01. The van der Waals surface area contributed by atoms with Gasteiger partial charge in [-0.2, -0.15) is 4.39 Å². The van der Waals surface area contributed by atoms with Crippen LogP contribution in [0.25, 0.3) is 0 Å². The normalized spacial score (nSPS) is 10.5. The van der Waals surface area contributed by atoms with Crippen LogP contribution < -0.4 is 10.5 Å². The monoisotopic (exact) mass is 391 g/mol. The summed E-state index contributed by atoms with van der Waals surface area (Å²) in [6.07, 6.45) is 0. The predicted molar refractivity (Wildman–Crippen MR) is 76.9 cm³/mol. The number of rotatable bonds is 3.